The van der Waals surface area contributed by atoms with Crippen molar-refractivity contribution >= 4 is 0 Å². The molecule has 2 nitrogen and oxygen atoms in total. The lowest BCUT2D eigenvalue weighted by atomic mass is 9.91. The van der Waals surface area contributed by atoms with Gasteiger partial charge in [-0.15, -0.1) is 0 Å². The molecule has 0 radical (unpaired) electrons. The van der Waals surface area contributed by atoms with Gasteiger partial charge in [0.2, 0.25) is 0 Å². The minimum Gasteiger partial charge on any atom is -0.372 e. The maximum Gasteiger partial charge on any atom is 0.416 e. The van der Waals surface area contributed by atoms with Crippen LogP contribution in [0.25, 0.3) is 0 Å². The van der Waals surface area contributed by atoms with Gasteiger partial charge in [-0.25, -0.2) is 0 Å². The fraction of sp³-hybridized carbons (Fsp3) is 0.579. The third kappa shape index (κ3) is 5.25. The Kier molecular flexibility index (Phi) is 6.02. The first-order valence-corrected chi connectivity index (χ1v) is 8.50. The number of ether oxygens (including phenoxy) is 1. The van der Waals surface area contributed by atoms with Crippen LogP contribution in [0.2, 0.25) is 0 Å². The SMILES string of the molecule is CC1=CCC(C)(COC(C)c2cc(C(F)(F)F)cc(C(F)(F)F)c2)N(C)C1. The van der Waals surface area contributed by atoms with E-state index in [9.17, 15) is 26.3 Å². The summed E-state index contributed by atoms with van der Waals surface area (Å²) in [6, 6.07) is 1.56. The first-order valence-electron chi connectivity index (χ1n) is 8.50. The van der Waals surface area contributed by atoms with Gasteiger partial charge in [-0.3, -0.25) is 4.90 Å². The fourth-order valence-electron chi connectivity index (χ4n) is 2.96. The van der Waals surface area contributed by atoms with Crippen LogP contribution >= 0.6 is 0 Å². The van der Waals surface area contributed by atoms with Crippen molar-refractivity contribution in [2.45, 2.75) is 51.2 Å². The lowest BCUT2D eigenvalue weighted by molar-refractivity contribution is -0.143. The lowest BCUT2D eigenvalue weighted by Crippen LogP contribution is -2.50. The Labute approximate surface area is 154 Å². The number of rotatable bonds is 4. The normalized spacial score (nSPS) is 23.3. The zero-order valence-electron chi connectivity index (χ0n) is 15.6. The zero-order chi connectivity index (χ0) is 20.6. The van der Waals surface area contributed by atoms with E-state index in [1.165, 1.54) is 12.5 Å². The van der Waals surface area contributed by atoms with Crippen molar-refractivity contribution in [3.63, 3.8) is 0 Å². The van der Waals surface area contributed by atoms with E-state index in [1.807, 2.05) is 20.9 Å². The first-order chi connectivity index (χ1) is 12.2. The van der Waals surface area contributed by atoms with E-state index in [0.717, 1.165) is 18.7 Å². The highest BCUT2D eigenvalue weighted by Crippen LogP contribution is 2.38. The molecule has 0 N–H and O–H groups in total. The minimum absolute atomic E-state index is 0.125. The van der Waals surface area contributed by atoms with Crippen molar-refractivity contribution in [3.8, 4) is 0 Å². The predicted molar refractivity (Wildman–Crippen MR) is 90.2 cm³/mol. The molecule has 8 heteroatoms. The van der Waals surface area contributed by atoms with Gasteiger partial charge in [0, 0.05) is 12.1 Å². The predicted octanol–water partition coefficient (Wildman–Crippen LogP) is 5.84. The number of likely N-dealkylation sites (N-methyl/N-ethyl adjacent to an activating group) is 1. The van der Waals surface area contributed by atoms with Gasteiger partial charge in [0.1, 0.15) is 0 Å². The maximum atomic E-state index is 13.0. The molecule has 0 aliphatic carbocycles. The molecule has 0 saturated heterocycles. The van der Waals surface area contributed by atoms with Gasteiger partial charge in [-0.2, -0.15) is 26.3 Å². The third-order valence-corrected chi connectivity index (χ3v) is 5.02. The van der Waals surface area contributed by atoms with Crippen LogP contribution < -0.4 is 0 Å². The summed E-state index contributed by atoms with van der Waals surface area (Å²) in [6.07, 6.45) is -7.88. The van der Waals surface area contributed by atoms with Crippen LogP contribution in [0.5, 0.6) is 0 Å². The van der Waals surface area contributed by atoms with Gasteiger partial charge < -0.3 is 4.74 Å². The van der Waals surface area contributed by atoms with Gasteiger partial charge in [0.25, 0.3) is 0 Å². The van der Waals surface area contributed by atoms with Crippen LogP contribution in [0, 0.1) is 0 Å². The summed E-state index contributed by atoms with van der Waals surface area (Å²) in [4.78, 5) is 2.07. The monoisotopic (exact) mass is 395 g/mol. The highest BCUT2D eigenvalue weighted by atomic mass is 19.4. The Morgan fingerprint density at radius 2 is 1.59 bits per heavy atom. The molecule has 152 valence electrons. The highest BCUT2D eigenvalue weighted by molar-refractivity contribution is 5.34. The zero-order valence-corrected chi connectivity index (χ0v) is 15.6. The Morgan fingerprint density at radius 3 is 2.04 bits per heavy atom. The summed E-state index contributed by atoms with van der Waals surface area (Å²) in [5, 5.41) is 0. The molecular weight excluding hydrogens is 372 g/mol. The Bertz CT molecular complexity index is 677. The molecule has 1 aromatic carbocycles. The minimum atomic E-state index is -4.87. The number of nitrogens with zero attached hydrogens (tertiary/aromatic N) is 1. The smallest absolute Gasteiger partial charge is 0.372 e. The van der Waals surface area contributed by atoms with Crippen molar-refractivity contribution < 1.29 is 31.1 Å². The van der Waals surface area contributed by atoms with Crippen LogP contribution in [0.3, 0.4) is 0 Å². The molecule has 0 amide bonds. The number of alkyl halides is 6. The molecule has 2 atom stereocenters. The second-order valence-corrected chi connectivity index (χ2v) is 7.40. The summed E-state index contributed by atoms with van der Waals surface area (Å²) < 4.78 is 83.7. The summed E-state index contributed by atoms with van der Waals surface area (Å²) in [6.45, 7) is 6.34. The molecule has 2 unspecified atom stereocenters. The third-order valence-electron chi connectivity index (χ3n) is 5.02. The van der Waals surface area contributed by atoms with E-state index in [0.29, 0.717) is 6.42 Å². The van der Waals surface area contributed by atoms with Crippen molar-refractivity contribution in [2.75, 3.05) is 20.2 Å². The topological polar surface area (TPSA) is 12.5 Å². The van der Waals surface area contributed by atoms with Crippen LogP contribution in [-0.4, -0.2) is 30.6 Å². The van der Waals surface area contributed by atoms with Gasteiger partial charge in [0.15, 0.2) is 0 Å². The van der Waals surface area contributed by atoms with Crippen LogP contribution in [0.15, 0.2) is 29.8 Å². The van der Waals surface area contributed by atoms with Gasteiger partial charge >= 0.3 is 12.4 Å². The summed E-state index contributed by atoms with van der Waals surface area (Å²) in [7, 11) is 1.91. The highest BCUT2D eigenvalue weighted by Gasteiger charge is 2.38. The molecule has 1 aliphatic rings. The largest absolute Gasteiger partial charge is 0.416 e. The van der Waals surface area contributed by atoms with E-state index in [2.05, 4.69) is 11.0 Å². The molecule has 27 heavy (non-hydrogen) atoms. The number of halogens is 6. The summed E-state index contributed by atoms with van der Waals surface area (Å²) in [5.74, 6) is 0. The Morgan fingerprint density at radius 1 is 1.07 bits per heavy atom. The molecule has 0 saturated carbocycles. The lowest BCUT2D eigenvalue weighted by Gasteiger charge is -2.42. The van der Waals surface area contributed by atoms with E-state index in [-0.39, 0.29) is 23.8 Å². The quantitative estimate of drug-likeness (QED) is 0.469. The van der Waals surface area contributed by atoms with Gasteiger partial charge in [-0.1, -0.05) is 11.6 Å². The van der Waals surface area contributed by atoms with Crippen LogP contribution in [0.4, 0.5) is 26.3 Å². The molecule has 0 bridgehead atoms. The van der Waals surface area contributed by atoms with Crippen molar-refractivity contribution in [3.05, 3.63) is 46.5 Å². The average Bonchev–Trinajstić information content (AvgIpc) is 2.54. The van der Waals surface area contributed by atoms with E-state index < -0.39 is 29.6 Å². The van der Waals surface area contributed by atoms with Crippen LogP contribution in [-0.2, 0) is 17.1 Å². The van der Waals surface area contributed by atoms with Gasteiger partial charge in [-0.05, 0) is 58.0 Å². The fourth-order valence-corrected chi connectivity index (χ4v) is 2.96. The summed E-state index contributed by atoms with van der Waals surface area (Å²) >= 11 is 0. The van der Waals surface area contributed by atoms with E-state index in [1.54, 1.807) is 0 Å². The Hall–Kier alpha value is -1.54. The van der Waals surface area contributed by atoms with Crippen molar-refractivity contribution in [1.29, 1.82) is 0 Å². The molecular formula is C19H23F6NO. The number of hydrogen-bond acceptors (Lipinski definition) is 2. The Balaban J connectivity index is 2.24. The first kappa shape index (κ1) is 21.8. The van der Waals surface area contributed by atoms with E-state index in [4.69, 9.17) is 4.74 Å². The number of hydrogen-bond donors (Lipinski definition) is 0. The maximum absolute atomic E-state index is 13.0. The van der Waals surface area contributed by atoms with Crippen molar-refractivity contribution in [2.24, 2.45) is 0 Å². The second-order valence-electron chi connectivity index (χ2n) is 7.40. The molecule has 0 spiro atoms. The molecule has 0 aromatic heterocycles. The molecule has 0 fully saturated rings. The van der Waals surface area contributed by atoms with Gasteiger partial charge in [0.05, 0.1) is 23.8 Å². The second kappa shape index (κ2) is 7.47. The standard InChI is InChI=1S/C19H23F6NO/c1-12-5-6-17(3,26(4)10-12)11-27-13(2)14-7-15(18(20,21)22)9-16(8-14)19(23,24)25/h5,7-9,13H,6,10-11H2,1-4H3. The molecule has 2 rings (SSSR count). The van der Waals surface area contributed by atoms with E-state index >= 15 is 0 Å². The summed E-state index contributed by atoms with van der Waals surface area (Å²) in [5.41, 5.74) is -1.98. The molecule has 1 aromatic rings. The van der Waals surface area contributed by atoms with Crippen LogP contribution in [0.1, 0.15) is 50.0 Å². The molecule has 1 heterocycles. The number of benzene rings is 1. The van der Waals surface area contributed by atoms with Crippen molar-refractivity contribution in [1.82, 2.24) is 4.90 Å². The molecule has 1 aliphatic heterocycles. The average molecular weight is 395 g/mol.